The van der Waals surface area contributed by atoms with E-state index in [-0.39, 0.29) is 13.2 Å². The topological polar surface area (TPSA) is 108 Å². The summed E-state index contributed by atoms with van der Waals surface area (Å²) in [4.78, 5) is 11.0. The highest BCUT2D eigenvalue weighted by molar-refractivity contribution is 5.86. The smallest absolute Gasteiger partial charge is 0.267 e. The number of ether oxygens (including phenoxy) is 2. The molecule has 22 heavy (non-hydrogen) atoms. The molecule has 7 heteroatoms. The Kier molecular flexibility index (Phi) is 8.16. The van der Waals surface area contributed by atoms with Gasteiger partial charge in [-0.05, 0) is 30.7 Å². The third-order valence-electron chi connectivity index (χ3n) is 2.80. The van der Waals surface area contributed by atoms with Crippen LogP contribution in [0.25, 0.3) is 0 Å². The molecule has 1 aromatic carbocycles. The fourth-order valence-electron chi connectivity index (χ4n) is 1.78. The van der Waals surface area contributed by atoms with E-state index in [0.717, 1.165) is 6.08 Å². The molecule has 0 fully saturated rings. The lowest BCUT2D eigenvalue weighted by Gasteiger charge is -2.20. The van der Waals surface area contributed by atoms with Gasteiger partial charge in [0, 0.05) is 12.7 Å². The molecule has 0 aliphatic heterocycles. The molecule has 0 saturated heterocycles. The maximum absolute atomic E-state index is 11.0. The average molecular weight is 311 g/mol. The van der Waals surface area contributed by atoms with Crippen molar-refractivity contribution in [1.82, 2.24) is 5.48 Å². The lowest BCUT2D eigenvalue weighted by molar-refractivity contribution is -0.124. The second-order valence-electron chi connectivity index (χ2n) is 4.34. The molecule has 0 spiro atoms. The summed E-state index contributed by atoms with van der Waals surface area (Å²) in [6.45, 7) is 2.24. The van der Waals surface area contributed by atoms with Crippen LogP contribution >= 0.6 is 0 Å². The average Bonchev–Trinajstić information content (AvgIpc) is 2.56. The highest BCUT2D eigenvalue weighted by Gasteiger charge is 2.19. The number of carbonyl (C=O) groups excluding carboxylic acids is 1. The van der Waals surface area contributed by atoms with E-state index < -0.39 is 18.1 Å². The van der Waals surface area contributed by atoms with Crippen molar-refractivity contribution in [3.8, 4) is 5.75 Å². The van der Waals surface area contributed by atoms with E-state index in [1.54, 1.807) is 31.2 Å². The SMILES string of the molecule is CCO[C@H](/C=C/C(=O)NO)[C@H](O)c1ccc(OCCO)cc1. The first-order chi connectivity index (χ1) is 10.6. The van der Waals surface area contributed by atoms with Crippen LogP contribution in [0, 0.1) is 0 Å². The first kappa shape index (κ1) is 18.1. The van der Waals surface area contributed by atoms with Crippen molar-refractivity contribution < 1.29 is 29.7 Å². The zero-order valence-corrected chi connectivity index (χ0v) is 12.3. The fraction of sp³-hybridized carbons (Fsp3) is 0.400. The Morgan fingerprint density at radius 2 is 2.05 bits per heavy atom. The van der Waals surface area contributed by atoms with Crippen LogP contribution in [0.4, 0.5) is 0 Å². The largest absolute Gasteiger partial charge is 0.491 e. The number of aliphatic hydroxyl groups is 2. The Bertz CT molecular complexity index is 473. The van der Waals surface area contributed by atoms with Crippen LogP contribution in [0.2, 0.25) is 0 Å². The number of hydrogen-bond acceptors (Lipinski definition) is 6. The molecule has 0 heterocycles. The summed E-state index contributed by atoms with van der Waals surface area (Å²) in [5.74, 6) is -0.127. The molecule has 1 amide bonds. The van der Waals surface area contributed by atoms with Crippen molar-refractivity contribution in [3.05, 3.63) is 42.0 Å². The van der Waals surface area contributed by atoms with Gasteiger partial charge >= 0.3 is 0 Å². The minimum absolute atomic E-state index is 0.0749. The van der Waals surface area contributed by atoms with Gasteiger partial charge in [0.2, 0.25) is 0 Å². The van der Waals surface area contributed by atoms with Crippen LogP contribution < -0.4 is 10.2 Å². The summed E-state index contributed by atoms with van der Waals surface area (Å²) >= 11 is 0. The number of rotatable bonds is 9. The fourth-order valence-corrected chi connectivity index (χ4v) is 1.78. The predicted molar refractivity (Wildman–Crippen MR) is 78.5 cm³/mol. The zero-order valence-electron chi connectivity index (χ0n) is 12.3. The van der Waals surface area contributed by atoms with Gasteiger partial charge in [0.25, 0.3) is 5.91 Å². The summed E-state index contributed by atoms with van der Waals surface area (Å²) in [6.07, 6.45) is 0.749. The Labute approximate surface area is 128 Å². The number of hydroxylamine groups is 1. The van der Waals surface area contributed by atoms with Crippen LogP contribution in [-0.2, 0) is 9.53 Å². The zero-order chi connectivity index (χ0) is 16.4. The molecule has 0 radical (unpaired) electrons. The van der Waals surface area contributed by atoms with Crippen molar-refractivity contribution in [2.24, 2.45) is 0 Å². The van der Waals surface area contributed by atoms with Crippen LogP contribution in [0.1, 0.15) is 18.6 Å². The molecule has 7 nitrogen and oxygen atoms in total. The van der Waals surface area contributed by atoms with Gasteiger partial charge in [0.1, 0.15) is 24.6 Å². The monoisotopic (exact) mass is 311 g/mol. The van der Waals surface area contributed by atoms with E-state index in [9.17, 15) is 9.90 Å². The van der Waals surface area contributed by atoms with Gasteiger partial charge in [-0.1, -0.05) is 12.1 Å². The molecule has 4 N–H and O–H groups in total. The molecule has 122 valence electrons. The second kappa shape index (κ2) is 9.91. The Hall–Kier alpha value is -1.93. The van der Waals surface area contributed by atoms with Gasteiger partial charge in [-0.15, -0.1) is 0 Å². The first-order valence-corrected chi connectivity index (χ1v) is 6.88. The molecular formula is C15H21NO6. The number of nitrogens with one attached hydrogen (secondary N) is 1. The third kappa shape index (κ3) is 5.82. The minimum atomic E-state index is -0.977. The Morgan fingerprint density at radius 1 is 1.36 bits per heavy atom. The van der Waals surface area contributed by atoms with Crippen molar-refractivity contribution in [3.63, 3.8) is 0 Å². The lowest BCUT2D eigenvalue weighted by Crippen LogP contribution is -2.22. The number of hydrogen-bond donors (Lipinski definition) is 4. The highest BCUT2D eigenvalue weighted by atomic mass is 16.5. The Balaban J connectivity index is 2.77. The molecule has 0 bridgehead atoms. The molecule has 0 aliphatic carbocycles. The highest BCUT2D eigenvalue weighted by Crippen LogP contribution is 2.23. The first-order valence-electron chi connectivity index (χ1n) is 6.88. The second-order valence-corrected chi connectivity index (χ2v) is 4.34. The molecule has 1 aromatic rings. The summed E-state index contributed by atoms with van der Waals surface area (Å²) in [7, 11) is 0. The maximum atomic E-state index is 11.0. The van der Waals surface area contributed by atoms with Gasteiger partial charge in [0.05, 0.1) is 6.61 Å². The molecule has 0 aliphatic rings. The normalized spacial score (nSPS) is 13.8. The molecule has 0 saturated carbocycles. The molecule has 2 atom stereocenters. The summed E-state index contributed by atoms with van der Waals surface area (Å²) in [6, 6.07) is 6.68. The van der Waals surface area contributed by atoms with Gasteiger partial charge < -0.3 is 19.7 Å². The van der Waals surface area contributed by atoms with Crippen molar-refractivity contribution in [1.29, 1.82) is 0 Å². The van der Waals surface area contributed by atoms with Gasteiger partial charge in [-0.25, -0.2) is 5.48 Å². The molecule has 0 aromatic heterocycles. The summed E-state index contributed by atoms with van der Waals surface area (Å²) in [5, 5.41) is 27.4. The lowest BCUT2D eigenvalue weighted by atomic mass is 10.0. The number of aliphatic hydroxyl groups excluding tert-OH is 2. The quantitative estimate of drug-likeness (QED) is 0.301. The predicted octanol–water partition coefficient (Wildman–Crippen LogP) is 0.558. The third-order valence-corrected chi connectivity index (χ3v) is 2.80. The maximum Gasteiger partial charge on any atom is 0.267 e. The van der Waals surface area contributed by atoms with Crippen molar-refractivity contribution in [2.75, 3.05) is 19.8 Å². The number of amides is 1. The van der Waals surface area contributed by atoms with Crippen molar-refractivity contribution >= 4 is 5.91 Å². The number of benzene rings is 1. The van der Waals surface area contributed by atoms with Crippen molar-refractivity contribution in [2.45, 2.75) is 19.1 Å². The van der Waals surface area contributed by atoms with Crippen LogP contribution in [-0.4, -0.2) is 47.3 Å². The Morgan fingerprint density at radius 3 is 2.59 bits per heavy atom. The van der Waals surface area contributed by atoms with E-state index in [1.165, 1.54) is 11.6 Å². The minimum Gasteiger partial charge on any atom is -0.491 e. The van der Waals surface area contributed by atoms with E-state index in [0.29, 0.717) is 17.9 Å². The molecule has 0 unspecified atom stereocenters. The number of carbonyl (C=O) groups is 1. The molecular weight excluding hydrogens is 290 g/mol. The standard InChI is InChI=1S/C15H21NO6/c1-2-21-13(7-8-14(18)16-20)15(19)11-3-5-12(6-4-11)22-10-9-17/h3-8,13,15,17,19-20H,2,9-10H2,1H3,(H,16,18)/b8-7+/t13-,15-/m1/s1. The van der Waals surface area contributed by atoms with Crippen LogP contribution in [0.5, 0.6) is 5.75 Å². The summed E-state index contributed by atoms with van der Waals surface area (Å²) in [5.41, 5.74) is 2.06. The van der Waals surface area contributed by atoms with Gasteiger partial charge in [0.15, 0.2) is 0 Å². The van der Waals surface area contributed by atoms with Gasteiger partial charge in [-0.2, -0.15) is 0 Å². The molecule has 1 rings (SSSR count). The van der Waals surface area contributed by atoms with Crippen LogP contribution in [0.3, 0.4) is 0 Å². The van der Waals surface area contributed by atoms with E-state index in [2.05, 4.69) is 0 Å². The summed E-state index contributed by atoms with van der Waals surface area (Å²) < 4.78 is 10.6. The van der Waals surface area contributed by atoms with Gasteiger partial charge in [-0.3, -0.25) is 10.0 Å². The van der Waals surface area contributed by atoms with Crippen LogP contribution in [0.15, 0.2) is 36.4 Å². The van der Waals surface area contributed by atoms with E-state index in [4.69, 9.17) is 19.8 Å². The van der Waals surface area contributed by atoms with E-state index >= 15 is 0 Å². The van der Waals surface area contributed by atoms with E-state index in [1.807, 2.05) is 0 Å².